The third-order valence-corrected chi connectivity index (χ3v) is 5.01. The smallest absolute Gasteiger partial charge is 0.408 e. The Kier molecular flexibility index (Phi) is 7.54. The molecule has 2 rings (SSSR count). The summed E-state index contributed by atoms with van der Waals surface area (Å²) in [6, 6.07) is 7.26. The largest absolute Gasteiger partial charge is 0.475 e. The Morgan fingerprint density at radius 1 is 1.25 bits per heavy atom. The van der Waals surface area contributed by atoms with Crippen LogP contribution in [-0.2, 0) is 25.7 Å². The number of Topliss-reactive ketones (excluding diaryl/α,β-unsaturated/α-hetero) is 1. The van der Waals surface area contributed by atoms with Gasteiger partial charge in [-0.3, -0.25) is 9.59 Å². The van der Waals surface area contributed by atoms with Gasteiger partial charge >= 0.3 is 12.1 Å². The van der Waals surface area contributed by atoms with Gasteiger partial charge in [-0.25, -0.2) is 9.59 Å². The maximum Gasteiger partial charge on any atom is 0.408 e. The van der Waals surface area contributed by atoms with Crippen molar-refractivity contribution in [2.75, 3.05) is 6.54 Å². The van der Waals surface area contributed by atoms with Crippen LogP contribution in [0.4, 0.5) is 4.79 Å². The van der Waals surface area contributed by atoms with Gasteiger partial charge in [-0.05, 0) is 24.3 Å². The van der Waals surface area contributed by atoms with Crippen LogP contribution >= 0.6 is 0 Å². The fourth-order valence-corrected chi connectivity index (χ4v) is 3.20. The number of carbonyl (C=O) groups excluding carboxylic acids is 3. The number of alkyl carbamates (subject to hydrolysis) is 1. The highest BCUT2D eigenvalue weighted by Crippen LogP contribution is 2.22. The zero-order valence-electron chi connectivity index (χ0n) is 16.1. The minimum Gasteiger partial charge on any atom is -0.475 e. The Labute approximate surface area is 163 Å². The van der Waals surface area contributed by atoms with Crippen LogP contribution in [0.15, 0.2) is 30.3 Å². The molecule has 1 aromatic rings. The average Bonchev–Trinajstić information content (AvgIpc) is 3.19. The summed E-state index contributed by atoms with van der Waals surface area (Å²) >= 11 is 0. The first-order valence-corrected chi connectivity index (χ1v) is 9.40. The van der Waals surface area contributed by atoms with Gasteiger partial charge in [0.2, 0.25) is 5.91 Å². The van der Waals surface area contributed by atoms with Crippen molar-refractivity contribution >= 4 is 23.8 Å². The Balaban J connectivity index is 2.05. The van der Waals surface area contributed by atoms with Crippen molar-refractivity contribution in [2.45, 2.75) is 51.8 Å². The second-order valence-electron chi connectivity index (χ2n) is 6.93. The molecule has 3 atom stereocenters. The quantitative estimate of drug-likeness (QED) is 0.656. The number of hydrogen-bond donors (Lipinski definition) is 2. The number of hydrogen-bond acceptors (Lipinski definition) is 5. The molecule has 1 aromatic carbocycles. The lowest BCUT2D eigenvalue weighted by molar-refractivity contribution is -0.153. The summed E-state index contributed by atoms with van der Waals surface area (Å²) in [6.07, 6.45) is 0.729. The molecule has 0 bridgehead atoms. The number of ether oxygens (including phenoxy) is 1. The lowest BCUT2D eigenvalue weighted by Gasteiger charge is -2.30. The van der Waals surface area contributed by atoms with E-state index in [-0.39, 0.29) is 19.1 Å². The minimum absolute atomic E-state index is 0.0674. The number of ketones is 1. The number of amides is 2. The maximum absolute atomic E-state index is 13.0. The summed E-state index contributed by atoms with van der Waals surface area (Å²) in [6.45, 7) is 4.05. The molecule has 2 N–H and O–H groups in total. The van der Waals surface area contributed by atoms with Crippen molar-refractivity contribution in [3.63, 3.8) is 0 Å². The molecule has 8 heteroatoms. The van der Waals surface area contributed by atoms with Crippen molar-refractivity contribution in [3.8, 4) is 0 Å². The first-order chi connectivity index (χ1) is 13.3. The fourth-order valence-electron chi connectivity index (χ4n) is 3.20. The third kappa shape index (κ3) is 5.31. The highest BCUT2D eigenvalue weighted by molar-refractivity contribution is 6.35. The monoisotopic (exact) mass is 390 g/mol. The van der Waals surface area contributed by atoms with Crippen LogP contribution in [0.3, 0.4) is 0 Å². The van der Waals surface area contributed by atoms with Crippen molar-refractivity contribution in [1.82, 2.24) is 10.2 Å². The number of carboxylic acids is 1. The van der Waals surface area contributed by atoms with E-state index in [1.807, 2.05) is 44.2 Å². The highest BCUT2D eigenvalue weighted by atomic mass is 16.5. The van der Waals surface area contributed by atoms with Crippen LogP contribution in [0.25, 0.3) is 0 Å². The molecule has 2 unspecified atom stereocenters. The summed E-state index contributed by atoms with van der Waals surface area (Å²) in [5.41, 5.74) is 0.815. The first kappa shape index (κ1) is 21.4. The molecule has 0 aromatic heterocycles. The summed E-state index contributed by atoms with van der Waals surface area (Å²) in [5, 5.41) is 11.6. The molecule has 1 fully saturated rings. The van der Waals surface area contributed by atoms with E-state index in [9.17, 15) is 19.2 Å². The molecule has 1 aliphatic rings. The van der Waals surface area contributed by atoms with Gasteiger partial charge < -0.3 is 20.1 Å². The molecule has 28 heavy (non-hydrogen) atoms. The fraction of sp³-hybridized carbons (Fsp3) is 0.500. The standard InChI is InChI=1S/C20H26N2O6/c1-3-13(2)16(21-20(27)28-12-14-8-5-4-6-9-14)18(24)22-11-7-10-15(22)17(23)19(25)26/h4-6,8-9,13,15-16H,3,7,10-12H2,1-2H3,(H,21,27)(H,25,26)/t13?,15?,16-/m0/s1. The Morgan fingerprint density at radius 3 is 2.54 bits per heavy atom. The van der Waals surface area contributed by atoms with Crippen LogP contribution in [0.2, 0.25) is 0 Å². The third-order valence-electron chi connectivity index (χ3n) is 5.01. The second kappa shape index (κ2) is 9.87. The van der Waals surface area contributed by atoms with Gasteiger partial charge in [-0.15, -0.1) is 0 Å². The molecule has 1 aliphatic heterocycles. The van der Waals surface area contributed by atoms with E-state index in [2.05, 4.69) is 5.32 Å². The average molecular weight is 390 g/mol. The molecule has 1 heterocycles. The number of carbonyl (C=O) groups is 4. The summed E-state index contributed by atoms with van der Waals surface area (Å²) < 4.78 is 5.20. The van der Waals surface area contributed by atoms with Gasteiger partial charge in [-0.1, -0.05) is 50.6 Å². The normalized spacial score (nSPS) is 18.2. The molecule has 0 spiro atoms. The van der Waals surface area contributed by atoms with E-state index < -0.39 is 35.8 Å². The minimum atomic E-state index is -1.56. The van der Waals surface area contributed by atoms with E-state index in [0.29, 0.717) is 19.3 Å². The Morgan fingerprint density at radius 2 is 1.93 bits per heavy atom. The first-order valence-electron chi connectivity index (χ1n) is 9.40. The van der Waals surface area contributed by atoms with Gasteiger partial charge in [0.25, 0.3) is 5.78 Å². The predicted octanol–water partition coefficient (Wildman–Crippen LogP) is 1.97. The Bertz CT molecular complexity index is 721. The van der Waals surface area contributed by atoms with Crippen molar-refractivity contribution in [3.05, 3.63) is 35.9 Å². The topological polar surface area (TPSA) is 113 Å². The van der Waals surface area contributed by atoms with Crippen molar-refractivity contribution in [2.24, 2.45) is 5.92 Å². The second-order valence-corrected chi connectivity index (χ2v) is 6.93. The van der Waals surface area contributed by atoms with Crippen LogP contribution in [-0.4, -0.2) is 52.4 Å². The van der Waals surface area contributed by atoms with Crippen molar-refractivity contribution in [1.29, 1.82) is 0 Å². The number of aliphatic carboxylic acids is 1. The molecule has 0 aliphatic carbocycles. The van der Waals surface area contributed by atoms with E-state index >= 15 is 0 Å². The molecule has 8 nitrogen and oxygen atoms in total. The lowest BCUT2D eigenvalue weighted by Crippen LogP contribution is -2.54. The molecular formula is C20H26N2O6. The van der Waals surface area contributed by atoms with Gasteiger partial charge in [0, 0.05) is 6.54 Å². The lowest BCUT2D eigenvalue weighted by atomic mass is 9.97. The number of nitrogens with zero attached hydrogens (tertiary/aromatic N) is 1. The van der Waals surface area contributed by atoms with Crippen LogP contribution in [0.1, 0.15) is 38.7 Å². The highest BCUT2D eigenvalue weighted by Gasteiger charge is 2.41. The summed E-state index contributed by atoms with van der Waals surface area (Å²) in [4.78, 5) is 49.4. The Hall–Kier alpha value is -2.90. The van der Waals surface area contributed by atoms with Gasteiger partial charge in [0.05, 0.1) is 0 Å². The van der Waals surface area contributed by atoms with Crippen LogP contribution in [0.5, 0.6) is 0 Å². The van der Waals surface area contributed by atoms with Crippen LogP contribution in [0, 0.1) is 5.92 Å². The maximum atomic E-state index is 13.0. The number of likely N-dealkylation sites (tertiary alicyclic amines) is 1. The van der Waals surface area contributed by atoms with E-state index in [0.717, 1.165) is 5.56 Å². The molecule has 0 radical (unpaired) electrons. The number of carboxylic acid groups (broad SMARTS) is 1. The SMILES string of the molecule is CCC(C)[C@H](NC(=O)OCc1ccccc1)C(=O)N1CCCC1C(=O)C(=O)O. The molecular weight excluding hydrogens is 364 g/mol. The summed E-state index contributed by atoms with van der Waals surface area (Å²) in [5.74, 6) is -3.22. The van der Waals surface area contributed by atoms with E-state index in [4.69, 9.17) is 9.84 Å². The van der Waals surface area contributed by atoms with Crippen molar-refractivity contribution < 1.29 is 29.0 Å². The summed E-state index contributed by atoms with van der Waals surface area (Å²) in [7, 11) is 0. The zero-order chi connectivity index (χ0) is 20.7. The number of benzene rings is 1. The molecule has 1 saturated heterocycles. The van der Waals surface area contributed by atoms with Gasteiger partial charge in [0.1, 0.15) is 18.7 Å². The predicted molar refractivity (Wildman–Crippen MR) is 100 cm³/mol. The molecule has 152 valence electrons. The van der Waals surface area contributed by atoms with E-state index in [1.54, 1.807) is 0 Å². The van der Waals surface area contributed by atoms with Gasteiger partial charge in [-0.2, -0.15) is 0 Å². The molecule has 2 amide bonds. The van der Waals surface area contributed by atoms with Crippen LogP contribution < -0.4 is 5.32 Å². The molecule has 0 saturated carbocycles. The number of nitrogens with one attached hydrogen (secondary N) is 1. The van der Waals surface area contributed by atoms with Gasteiger partial charge in [0.15, 0.2) is 0 Å². The number of rotatable bonds is 8. The van der Waals surface area contributed by atoms with E-state index in [1.165, 1.54) is 4.90 Å². The zero-order valence-corrected chi connectivity index (χ0v) is 16.1.